The molecule has 0 bridgehead atoms. The third-order valence-electron chi connectivity index (χ3n) is 4.34. The van der Waals surface area contributed by atoms with E-state index in [1.807, 2.05) is 0 Å². The molecule has 25 heavy (non-hydrogen) atoms. The number of hydrogen-bond acceptors (Lipinski definition) is 6. The Labute approximate surface area is 143 Å². The van der Waals surface area contributed by atoms with Crippen molar-refractivity contribution in [1.82, 2.24) is 15.1 Å². The summed E-state index contributed by atoms with van der Waals surface area (Å²) in [5.74, 6) is -0.318. The number of nitro groups is 1. The zero-order valence-electron chi connectivity index (χ0n) is 14.1. The van der Waals surface area contributed by atoms with E-state index < -0.39 is 17.3 Å². The smallest absolute Gasteiger partial charge is 0.275 e. The number of H-pyrrole nitrogens is 1. The monoisotopic (exact) mass is 346 g/mol. The van der Waals surface area contributed by atoms with E-state index in [0.717, 1.165) is 0 Å². The lowest BCUT2D eigenvalue weighted by atomic mass is 9.97. The van der Waals surface area contributed by atoms with Crippen molar-refractivity contribution >= 4 is 11.6 Å². The minimum absolute atomic E-state index is 0.0508. The molecule has 2 heterocycles. The van der Waals surface area contributed by atoms with E-state index in [4.69, 9.17) is 9.47 Å². The normalized spacial score (nSPS) is 16.6. The Balaban J connectivity index is 2.14. The average Bonchev–Trinajstić information content (AvgIpc) is 3.11. The van der Waals surface area contributed by atoms with Crippen molar-refractivity contribution in [2.75, 3.05) is 20.8 Å². The van der Waals surface area contributed by atoms with E-state index in [1.54, 1.807) is 25.1 Å². The molecular formula is C16H18N4O5. The van der Waals surface area contributed by atoms with Crippen LogP contribution in [0.2, 0.25) is 0 Å². The second-order valence-corrected chi connectivity index (χ2v) is 5.69. The maximum Gasteiger partial charge on any atom is 0.275 e. The van der Waals surface area contributed by atoms with Crippen molar-refractivity contribution < 1.29 is 19.2 Å². The number of aromatic amines is 1. The van der Waals surface area contributed by atoms with Gasteiger partial charge in [-0.15, -0.1) is 0 Å². The van der Waals surface area contributed by atoms with Crippen LogP contribution in [-0.2, 0) is 9.47 Å². The Morgan fingerprint density at radius 3 is 2.68 bits per heavy atom. The van der Waals surface area contributed by atoms with Gasteiger partial charge in [0.1, 0.15) is 0 Å². The van der Waals surface area contributed by atoms with Crippen molar-refractivity contribution in [1.29, 1.82) is 0 Å². The summed E-state index contributed by atoms with van der Waals surface area (Å²) in [4.78, 5) is 25.3. The van der Waals surface area contributed by atoms with Crippen LogP contribution in [-0.4, -0.2) is 53.0 Å². The summed E-state index contributed by atoms with van der Waals surface area (Å²) in [6, 6.07) is 5.76. The van der Waals surface area contributed by atoms with Crippen LogP contribution < -0.4 is 0 Å². The van der Waals surface area contributed by atoms with Gasteiger partial charge in [-0.25, -0.2) is 0 Å². The van der Waals surface area contributed by atoms with Gasteiger partial charge in [-0.1, -0.05) is 12.1 Å². The van der Waals surface area contributed by atoms with E-state index in [1.165, 1.54) is 25.2 Å². The number of benzene rings is 1. The minimum Gasteiger partial charge on any atom is -0.354 e. The Morgan fingerprint density at radius 2 is 2.04 bits per heavy atom. The summed E-state index contributed by atoms with van der Waals surface area (Å²) < 4.78 is 10.4. The van der Waals surface area contributed by atoms with Gasteiger partial charge in [0.2, 0.25) is 0 Å². The fraction of sp³-hybridized carbons (Fsp3) is 0.375. The van der Waals surface area contributed by atoms with Gasteiger partial charge in [-0.05, 0) is 13.0 Å². The quantitative estimate of drug-likeness (QED) is 0.485. The van der Waals surface area contributed by atoms with Crippen molar-refractivity contribution in [3.63, 3.8) is 0 Å². The number of amides is 1. The van der Waals surface area contributed by atoms with E-state index >= 15 is 0 Å². The number of carbonyl (C=O) groups excluding carboxylic acids is 1. The lowest BCUT2D eigenvalue weighted by Gasteiger charge is -2.28. The molecule has 132 valence electrons. The summed E-state index contributed by atoms with van der Waals surface area (Å²) >= 11 is 0. The number of nitrogens with zero attached hydrogens (tertiary/aromatic N) is 3. The Kier molecular flexibility index (Phi) is 4.51. The number of nitrogens with one attached hydrogen (secondary N) is 1. The Morgan fingerprint density at radius 1 is 1.36 bits per heavy atom. The second kappa shape index (κ2) is 6.61. The Hall–Kier alpha value is -2.78. The lowest BCUT2D eigenvalue weighted by molar-refractivity contribution is -0.385. The number of aromatic nitrogens is 2. The van der Waals surface area contributed by atoms with Crippen LogP contribution >= 0.6 is 0 Å². The predicted octanol–water partition coefficient (Wildman–Crippen LogP) is 1.79. The molecule has 1 aromatic heterocycles. The van der Waals surface area contributed by atoms with Crippen LogP contribution in [0, 0.1) is 17.0 Å². The summed E-state index contributed by atoms with van der Waals surface area (Å²) in [6.45, 7) is 1.91. The van der Waals surface area contributed by atoms with Crippen molar-refractivity contribution in [3.8, 4) is 0 Å². The van der Waals surface area contributed by atoms with Crippen molar-refractivity contribution in [3.05, 3.63) is 56.9 Å². The van der Waals surface area contributed by atoms with Crippen LogP contribution in [0.1, 0.15) is 33.4 Å². The first-order valence-corrected chi connectivity index (χ1v) is 7.64. The number of nitro benzene ring substituents is 1. The molecule has 0 spiro atoms. The fourth-order valence-electron chi connectivity index (χ4n) is 3.15. The van der Waals surface area contributed by atoms with Gasteiger partial charge in [-0.3, -0.25) is 20.0 Å². The average molecular weight is 346 g/mol. The molecule has 1 unspecified atom stereocenters. The van der Waals surface area contributed by atoms with Gasteiger partial charge >= 0.3 is 0 Å². The molecule has 1 amide bonds. The largest absolute Gasteiger partial charge is 0.354 e. The molecule has 1 aliphatic heterocycles. The third kappa shape index (κ3) is 2.77. The zero-order chi connectivity index (χ0) is 18.1. The molecule has 3 rings (SSSR count). The SMILES string of the molecule is COC(CN1C(=O)c2n[nH]c(C)c2C1c1ccccc1[N+](=O)[O-])OC. The first-order chi connectivity index (χ1) is 12.0. The van der Waals surface area contributed by atoms with Gasteiger partial charge in [0, 0.05) is 31.5 Å². The molecule has 0 saturated carbocycles. The first-order valence-electron chi connectivity index (χ1n) is 7.64. The standard InChI is InChI=1S/C16H18N4O5/c1-9-13-14(18-17-9)16(21)19(8-12(24-2)25-3)15(13)10-6-4-5-7-11(10)20(22)23/h4-7,12,15H,8H2,1-3H3,(H,17,18). The number of rotatable bonds is 6. The summed E-state index contributed by atoms with van der Waals surface area (Å²) in [5, 5.41) is 18.3. The molecule has 1 N–H and O–H groups in total. The maximum atomic E-state index is 12.8. The highest BCUT2D eigenvalue weighted by atomic mass is 16.7. The summed E-state index contributed by atoms with van der Waals surface area (Å²) in [7, 11) is 2.94. The first kappa shape index (κ1) is 17.1. The number of ether oxygens (including phenoxy) is 2. The topological polar surface area (TPSA) is 111 Å². The lowest BCUT2D eigenvalue weighted by Crippen LogP contribution is -2.38. The Bertz CT molecular complexity index is 815. The molecule has 9 heteroatoms. The number of carbonyl (C=O) groups is 1. The van der Waals surface area contributed by atoms with Gasteiger partial charge in [-0.2, -0.15) is 5.10 Å². The molecule has 0 radical (unpaired) electrons. The molecule has 1 aliphatic rings. The molecule has 9 nitrogen and oxygen atoms in total. The van der Waals surface area contributed by atoms with E-state index in [2.05, 4.69) is 10.2 Å². The van der Waals surface area contributed by atoms with E-state index in [9.17, 15) is 14.9 Å². The summed E-state index contributed by atoms with van der Waals surface area (Å²) in [5.41, 5.74) is 1.98. The zero-order valence-corrected chi connectivity index (χ0v) is 14.1. The second-order valence-electron chi connectivity index (χ2n) is 5.69. The molecule has 0 saturated heterocycles. The van der Waals surface area contributed by atoms with Crippen LogP contribution in [0.4, 0.5) is 5.69 Å². The molecule has 1 aromatic carbocycles. The third-order valence-corrected chi connectivity index (χ3v) is 4.34. The number of aryl methyl sites for hydroxylation is 1. The molecule has 0 aliphatic carbocycles. The fourth-order valence-corrected chi connectivity index (χ4v) is 3.15. The highest BCUT2D eigenvalue weighted by Gasteiger charge is 2.44. The highest BCUT2D eigenvalue weighted by molar-refractivity contribution is 5.98. The van der Waals surface area contributed by atoms with Crippen LogP contribution in [0.25, 0.3) is 0 Å². The summed E-state index contributed by atoms with van der Waals surface area (Å²) in [6.07, 6.45) is -0.650. The van der Waals surface area contributed by atoms with Gasteiger partial charge < -0.3 is 14.4 Å². The van der Waals surface area contributed by atoms with Gasteiger partial charge in [0.05, 0.1) is 23.1 Å². The van der Waals surface area contributed by atoms with Crippen LogP contribution in [0.3, 0.4) is 0 Å². The van der Waals surface area contributed by atoms with Crippen LogP contribution in [0.15, 0.2) is 24.3 Å². The number of methoxy groups -OCH3 is 2. The van der Waals surface area contributed by atoms with E-state index in [0.29, 0.717) is 16.8 Å². The van der Waals surface area contributed by atoms with Crippen molar-refractivity contribution in [2.45, 2.75) is 19.3 Å². The van der Waals surface area contributed by atoms with Crippen molar-refractivity contribution in [2.24, 2.45) is 0 Å². The minimum atomic E-state index is -0.650. The molecule has 1 atom stereocenters. The number of para-hydroxylation sites is 1. The molecular weight excluding hydrogens is 328 g/mol. The highest BCUT2D eigenvalue weighted by Crippen LogP contribution is 2.42. The van der Waals surface area contributed by atoms with E-state index in [-0.39, 0.29) is 23.8 Å². The molecule has 0 fully saturated rings. The molecule has 2 aromatic rings. The van der Waals surface area contributed by atoms with Gasteiger partial charge in [0.25, 0.3) is 11.6 Å². The number of hydrogen-bond donors (Lipinski definition) is 1. The number of fused-ring (bicyclic) bond motifs is 1. The van der Waals surface area contributed by atoms with Crippen LogP contribution in [0.5, 0.6) is 0 Å². The van der Waals surface area contributed by atoms with Gasteiger partial charge in [0.15, 0.2) is 12.0 Å². The predicted molar refractivity (Wildman–Crippen MR) is 87.1 cm³/mol. The maximum absolute atomic E-state index is 12.8.